The summed E-state index contributed by atoms with van der Waals surface area (Å²) in [5, 5.41) is 7.47. The van der Waals surface area contributed by atoms with Crippen LogP contribution in [0.15, 0.2) is 42.7 Å². The van der Waals surface area contributed by atoms with Crippen molar-refractivity contribution in [3.8, 4) is 17.2 Å². The number of piperidine rings is 2. The van der Waals surface area contributed by atoms with Crippen molar-refractivity contribution in [3.05, 3.63) is 42.7 Å². The zero-order valence-corrected chi connectivity index (χ0v) is 25.1. The highest BCUT2D eigenvalue weighted by molar-refractivity contribution is 5.92. The third-order valence-electron chi connectivity index (χ3n) is 7.85. The van der Waals surface area contributed by atoms with Gasteiger partial charge in [-0.1, -0.05) is 6.42 Å². The fraction of sp³-hybridized carbons (Fsp3) is 0.531. The van der Waals surface area contributed by atoms with Crippen LogP contribution in [0.2, 0.25) is 0 Å². The fourth-order valence-electron chi connectivity index (χ4n) is 5.62. The number of anilines is 2. The molecule has 10 heteroatoms. The Balaban J connectivity index is 1.13. The van der Waals surface area contributed by atoms with E-state index in [-0.39, 0.29) is 18.2 Å². The standard InChI is InChI=1S/C32H44N6O4/c1-23(2)42-26-10-8-24(9-11-26)36-32(39)38-17-12-25(13-18-38)35-31-27-20-29(40-3)30(21-28(27)33-22-34-31)41-19-7-16-37-14-5-4-6-15-37/h8-11,20-23,25H,4-7,12-19H2,1-3H3,(H,36,39)(H,33,34,35). The minimum absolute atomic E-state index is 0.0911. The third kappa shape index (κ3) is 7.94. The van der Waals surface area contributed by atoms with Gasteiger partial charge in [0, 0.05) is 42.8 Å². The molecule has 42 heavy (non-hydrogen) atoms. The molecule has 1 aromatic heterocycles. The lowest BCUT2D eigenvalue weighted by Crippen LogP contribution is -2.44. The zero-order valence-electron chi connectivity index (χ0n) is 25.1. The van der Waals surface area contributed by atoms with Crippen LogP contribution in [0, 0.1) is 0 Å². The maximum absolute atomic E-state index is 12.9. The Hall–Kier alpha value is -3.79. The second-order valence-electron chi connectivity index (χ2n) is 11.4. The molecule has 2 fully saturated rings. The number of urea groups is 1. The lowest BCUT2D eigenvalue weighted by Gasteiger charge is -2.32. The summed E-state index contributed by atoms with van der Waals surface area (Å²) in [6.45, 7) is 9.37. The number of rotatable bonds is 11. The topological polar surface area (TPSA) is 101 Å². The summed E-state index contributed by atoms with van der Waals surface area (Å²) in [6.07, 6.45) is 8.25. The summed E-state index contributed by atoms with van der Waals surface area (Å²) >= 11 is 0. The van der Waals surface area contributed by atoms with Gasteiger partial charge in [0.1, 0.15) is 17.9 Å². The van der Waals surface area contributed by atoms with Crippen LogP contribution < -0.4 is 24.8 Å². The first-order valence-electron chi connectivity index (χ1n) is 15.3. The summed E-state index contributed by atoms with van der Waals surface area (Å²) in [6, 6.07) is 11.5. The lowest BCUT2D eigenvalue weighted by molar-refractivity contribution is 0.197. The lowest BCUT2D eigenvalue weighted by atomic mass is 10.0. The highest BCUT2D eigenvalue weighted by Crippen LogP contribution is 2.34. The van der Waals surface area contributed by atoms with Crippen molar-refractivity contribution in [2.24, 2.45) is 0 Å². The quantitative estimate of drug-likeness (QED) is 0.277. The Bertz CT molecular complexity index is 1300. The van der Waals surface area contributed by atoms with Gasteiger partial charge in [0.05, 0.1) is 25.3 Å². The van der Waals surface area contributed by atoms with Crippen LogP contribution in [0.5, 0.6) is 17.2 Å². The molecule has 226 valence electrons. The van der Waals surface area contributed by atoms with Gasteiger partial charge in [-0.3, -0.25) is 0 Å². The van der Waals surface area contributed by atoms with Crippen molar-refractivity contribution in [1.82, 2.24) is 19.8 Å². The Morgan fingerprint density at radius 3 is 2.48 bits per heavy atom. The molecule has 3 heterocycles. The number of hydrogen-bond acceptors (Lipinski definition) is 8. The van der Waals surface area contributed by atoms with E-state index in [1.165, 1.54) is 32.4 Å². The first-order chi connectivity index (χ1) is 20.5. The summed E-state index contributed by atoms with van der Waals surface area (Å²) in [5.74, 6) is 2.93. The number of carbonyl (C=O) groups excluding carboxylic acids is 1. The summed E-state index contributed by atoms with van der Waals surface area (Å²) in [5.41, 5.74) is 1.56. The molecule has 0 saturated carbocycles. The molecule has 0 unspecified atom stereocenters. The Labute approximate surface area is 248 Å². The molecular formula is C32H44N6O4. The van der Waals surface area contributed by atoms with Crippen molar-refractivity contribution in [3.63, 3.8) is 0 Å². The largest absolute Gasteiger partial charge is 0.493 e. The number of nitrogens with one attached hydrogen (secondary N) is 2. The van der Waals surface area contributed by atoms with Crippen LogP contribution in [0.4, 0.5) is 16.3 Å². The van der Waals surface area contributed by atoms with E-state index >= 15 is 0 Å². The number of amides is 2. The molecule has 10 nitrogen and oxygen atoms in total. The van der Waals surface area contributed by atoms with E-state index in [0.29, 0.717) is 31.2 Å². The Morgan fingerprint density at radius 1 is 1.00 bits per heavy atom. The smallest absolute Gasteiger partial charge is 0.321 e. The maximum atomic E-state index is 12.9. The molecule has 0 spiro atoms. The van der Waals surface area contributed by atoms with Gasteiger partial charge in [0.2, 0.25) is 0 Å². The molecule has 2 saturated heterocycles. The molecule has 2 amide bonds. The molecule has 2 N–H and O–H groups in total. The van der Waals surface area contributed by atoms with E-state index in [1.54, 1.807) is 13.4 Å². The van der Waals surface area contributed by atoms with E-state index in [9.17, 15) is 4.79 Å². The average Bonchev–Trinajstić information content (AvgIpc) is 3.00. The summed E-state index contributed by atoms with van der Waals surface area (Å²) in [4.78, 5) is 26.3. The molecule has 2 aliphatic rings. The van der Waals surface area contributed by atoms with Gasteiger partial charge in [0.25, 0.3) is 0 Å². The van der Waals surface area contributed by atoms with Gasteiger partial charge in [-0.2, -0.15) is 0 Å². The number of likely N-dealkylation sites (tertiary alicyclic amines) is 2. The summed E-state index contributed by atoms with van der Waals surface area (Å²) < 4.78 is 17.5. The van der Waals surface area contributed by atoms with Crippen molar-refractivity contribution < 1.29 is 19.0 Å². The predicted octanol–water partition coefficient (Wildman–Crippen LogP) is 5.79. The van der Waals surface area contributed by atoms with Crippen LogP contribution in [0.25, 0.3) is 10.9 Å². The molecule has 0 atom stereocenters. The molecule has 5 rings (SSSR count). The van der Waals surface area contributed by atoms with Crippen LogP contribution in [-0.4, -0.2) is 84.4 Å². The van der Waals surface area contributed by atoms with Crippen molar-refractivity contribution in [2.45, 2.75) is 64.5 Å². The third-order valence-corrected chi connectivity index (χ3v) is 7.85. The van der Waals surface area contributed by atoms with Crippen LogP contribution in [0.1, 0.15) is 52.4 Å². The van der Waals surface area contributed by atoms with Crippen molar-refractivity contribution in [1.29, 1.82) is 0 Å². The molecule has 2 aromatic carbocycles. The van der Waals surface area contributed by atoms with Gasteiger partial charge in [0.15, 0.2) is 11.5 Å². The first kappa shape index (κ1) is 29.7. The van der Waals surface area contributed by atoms with E-state index in [2.05, 4.69) is 25.5 Å². The predicted molar refractivity (Wildman–Crippen MR) is 166 cm³/mol. The minimum atomic E-state index is -0.0911. The monoisotopic (exact) mass is 576 g/mol. The molecule has 0 aliphatic carbocycles. The molecule has 3 aromatic rings. The number of carbonyl (C=O) groups is 1. The number of fused-ring (bicyclic) bond motifs is 1. The van der Waals surface area contributed by atoms with Crippen molar-refractivity contribution in [2.75, 3.05) is 57.1 Å². The number of hydrogen-bond donors (Lipinski definition) is 2. The summed E-state index contributed by atoms with van der Waals surface area (Å²) in [7, 11) is 1.66. The SMILES string of the molecule is COc1cc2c(NC3CCN(C(=O)Nc4ccc(OC(C)C)cc4)CC3)ncnc2cc1OCCCN1CCCCC1. The molecule has 0 radical (unpaired) electrons. The van der Waals surface area contributed by atoms with Gasteiger partial charge < -0.3 is 34.6 Å². The number of methoxy groups -OCH3 is 1. The van der Waals surface area contributed by atoms with E-state index < -0.39 is 0 Å². The number of ether oxygens (including phenoxy) is 3. The van der Waals surface area contributed by atoms with Crippen LogP contribution in [-0.2, 0) is 0 Å². The van der Waals surface area contributed by atoms with Crippen LogP contribution >= 0.6 is 0 Å². The van der Waals surface area contributed by atoms with Crippen molar-refractivity contribution >= 4 is 28.4 Å². The average molecular weight is 577 g/mol. The van der Waals surface area contributed by atoms with Crippen LogP contribution in [0.3, 0.4) is 0 Å². The maximum Gasteiger partial charge on any atom is 0.321 e. The second kappa shape index (κ2) is 14.4. The second-order valence-corrected chi connectivity index (χ2v) is 11.4. The molecule has 2 aliphatic heterocycles. The highest BCUT2D eigenvalue weighted by Gasteiger charge is 2.24. The normalized spacial score (nSPS) is 16.4. The fourth-order valence-corrected chi connectivity index (χ4v) is 5.62. The minimum Gasteiger partial charge on any atom is -0.493 e. The van der Waals surface area contributed by atoms with E-state index in [0.717, 1.165) is 54.0 Å². The van der Waals surface area contributed by atoms with Gasteiger partial charge >= 0.3 is 6.03 Å². The highest BCUT2D eigenvalue weighted by atomic mass is 16.5. The molecule has 0 bridgehead atoms. The van der Waals surface area contributed by atoms with Gasteiger partial charge in [-0.05, 0) is 89.4 Å². The van der Waals surface area contributed by atoms with Gasteiger partial charge in [-0.15, -0.1) is 0 Å². The zero-order chi connectivity index (χ0) is 29.3. The van der Waals surface area contributed by atoms with E-state index in [4.69, 9.17) is 14.2 Å². The Kier molecular flexibility index (Phi) is 10.2. The first-order valence-corrected chi connectivity index (χ1v) is 15.3. The van der Waals surface area contributed by atoms with Gasteiger partial charge in [-0.25, -0.2) is 14.8 Å². The van der Waals surface area contributed by atoms with E-state index in [1.807, 2.05) is 55.1 Å². The number of benzene rings is 2. The number of nitrogens with zero attached hydrogens (tertiary/aromatic N) is 4. The Morgan fingerprint density at radius 2 is 1.76 bits per heavy atom. The number of aromatic nitrogens is 2. The molecular weight excluding hydrogens is 532 g/mol.